The molecule has 1 aliphatic heterocycles. The second-order valence-corrected chi connectivity index (χ2v) is 10.6. The number of halogens is 1. The van der Waals surface area contributed by atoms with E-state index in [9.17, 15) is 9.18 Å². The lowest BCUT2D eigenvalue weighted by atomic mass is 9.91. The van der Waals surface area contributed by atoms with Gasteiger partial charge in [-0.3, -0.25) is 9.18 Å². The van der Waals surface area contributed by atoms with Gasteiger partial charge in [0.25, 0.3) is 5.91 Å². The summed E-state index contributed by atoms with van der Waals surface area (Å²) in [6.07, 6.45) is 2.33. The molecule has 3 atom stereocenters. The number of hydrogen-bond donors (Lipinski definition) is 3. The minimum atomic E-state index is -0.323. The zero-order valence-electron chi connectivity index (χ0n) is 20.4. The van der Waals surface area contributed by atoms with Crippen molar-refractivity contribution in [3.8, 4) is 0 Å². The average Bonchev–Trinajstić information content (AvgIpc) is 3.39. The van der Waals surface area contributed by atoms with Crippen LogP contribution in [-0.4, -0.2) is 59.3 Å². The number of nitrogens with one attached hydrogen (secondary N) is 2. The van der Waals surface area contributed by atoms with Gasteiger partial charge in [0.2, 0.25) is 0 Å². The van der Waals surface area contributed by atoms with E-state index in [1.165, 1.54) is 11.3 Å². The third-order valence-corrected chi connectivity index (χ3v) is 8.20. The van der Waals surface area contributed by atoms with Gasteiger partial charge in [-0.15, -0.1) is 11.3 Å². The van der Waals surface area contributed by atoms with Crippen LogP contribution in [0, 0.1) is 19.8 Å². The van der Waals surface area contributed by atoms with Gasteiger partial charge < -0.3 is 21.3 Å². The van der Waals surface area contributed by atoms with Gasteiger partial charge in [-0.1, -0.05) is 13.0 Å². The number of nitrogens with two attached hydrogens (primary N) is 1. The molecular formula is C25H32FN7OS. The van der Waals surface area contributed by atoms with Crippen LogP contribution in [-0.2, 0) is 12.8 Å². The Bertz CT molecular complexity index is 1260. The number of rotatable bonds is 6. The molecule has 0 saturated carbocycles. The van der Waals surface area contributed by atoms with E-state index in [-0.39, 0.29) is 30.6 Å². The zero-order valence-corrected chi connectivity index (χ0v) is 21.2. The Labute approximate surface area is 208 Å². The second-order valence-electron chi connectivity index (χ2n) is 9.55. The summed E-state index contributed by atoms with van der Waals surface area (Å²) in [5.74, 6) is 1.41. The molecule has 0 aromatic carbocycles. The second kappa shape index (κ2) is 9.66. The third kappa shape index (κ3) is 4.56. The quantitative estimate of drug-likeness (QED) is 0.480. The SMILES string of the molecule is CCNC1CN(c2ccc3c(n2)CCC(NC(=O)c2sc4nc(C)nc(C)c4c2N)C3)CC1CF. The summed E-state index contributed by atoms with van der Waals surface area (Å²) in [5.41, 5.74) is 9.79. The van der Waals surface area contributed by atoms with Gasteiger partial charge in [0.15, 0.2) is 0 Å². The van der Waals surface area contributed by atoms with Crippen LogP contribution in [0.25, 0.3) is 10.2 Å². The maximum atomic E-state index is 13.5. The van der Waals surface area contributed by atoms with Crippen molar-refractivity contribution < 1.29 is 9.18 Å². The molecule has 0 radical (unpaired) electrons. The summed E-state index contributed by atoms with van der Waals surface area (Å²) in [6, 6.07) is 4.31. The first-order valence-corrected chi connectivity index (χ1v) is 13.1. The average molecular weight is 498 g/mol. The molecule has 186 valence electrons. The van der Waals surface area contributed by atoms with Crippen LogP contribution in [0.4, 0.5) is 15.9 Å². The summed E-state index contributed by atoms with van der Waals surface area (Å²) in [4.78, 5) is 30.3. The predicted octanol–water partition coefficient (Wildman–Crippen LogP) is 2.96. The molecule has 3 unspecified atom stereocenters. The lowest BCUT2D eigenvalue weighted by molar-refractivity contribution is 0.0938. The van der Waals surface area contributed by atoms with E-state index >= 15 is 0 Å². The van der Waals surface area contributed by atoms with Crippen molar-refractivity contribution in [3.05, 3.63) is 39.8 Å². The Morgan fingerprint density at radius 3 is 2.86 bits per heavy atom. The molecule has 1 saturated heterocycles. The topological polar surface area (TPSA) is 109 Å². The molecule has 0 bridgehead atoms. The minimum Gasteiger partial charge on any atom is -0.397 e. The van der Waals surface area contributed by atoms with Crippen LogP contribution in [0.1, 0.15) is 45.8 Å². The van der Waals surface area contributed by atoms with Crippen molar-refractivity contribution >= 4 is 39.0 Å². The van der Waals surface area contributed by atoms with Crippen LogP contribution < -0.4 is 21.3 Å². The molecule has 1 amide bonds. The molecule has 5 rings (SSSR count). The number of hydrogen-bond acceptors (Lipinski definition) is 8. The van der Waals surface area contributed by atoms with Gasteiger partial charge in [0.05, 0.1) is 23.4 Å². The van der Waals surface area contributed by atoms with Crippen molar-refractivity contribution in [2.24, 2.45) is 5.92 Å². The van der Waals surface area contributed by atoms with Crippen LogP contribution in [0.15, 0.2) is 12.1 Å². The molecule has 4 heterocycles. The Kier molecular flexibility index (Phi) is 6.59. The number of nitrogens with zero attached hydrogens (tertiary/aromatic N) is 4. The van der Waals surface area contributed by atoms with Crippen LogP contribution in [0.3, 0.4) is 0 Å². The monoisotopic (exact) mass is 497 g/mol. The van der Waals surface area contributed by atoms with Gasteiger partial charge in [0.1, 0.15) is 21.3 Å². The van der Waals surface area contributed by atoms with E-state index < -0.39 is 0 Å². The number of alkyl halides is 1. The highest BCUT2D eigenvalue weighted by Crippen LogP contribution is 2.34. The molecule has 1 aliphatic carbocycles. The first kappa shape index (κ1) is 23.9. The fourth-order valence-corrected chi connectivity index (χ4v) is 6.45. The number of anilines is 2. The molecule has 35 heavy (non-hydrogen) atoms. The van der Waals surface area contributed by atoms with E-state index in [2.05, 4.69) is 38.5 Å². The summed E-state index contributed by atoms with van der Waals surface area (Å²) in [5, 5.41) is 7.34. The molecule has 3 aromatic rings. The highest BCUT2D eigenvalue weighted by Gasteiger charge is 2.33. The van der Waals surface area contributed by atoms with Crippen LogP contribution in [0.2, 0.25) is 0 Å². The summed E-state index contributed by atoms with van der Waals surface area (Å²) in [7, 11) is 0. The Morgan fingerprint density at radius 2 is 2.09 bits per heavy atom. The van der Waals surface area contributed by atoms with Crippen LogP contribution in [0.5, 0.6) is 0 Å². The van der Waals surface area contributed by atoms with Crippen molar-refractivity contribution in [1.29, 1.82) is 0 Å². The number of carbonyl (C=O) groups excluding carboxylic acids is 1. The summed E-state index contributed by atoms with van der Waals surface area (Å²) in [6.45, 7) is 7.74. The molecule has 8 nitrogen and oxygen atoms in total. The number of carbonyl (C=O) groups is 1. The minimum absolute atomic E-state index is 0.00704. The van der Waals surface area contributed by atoms with Gasteiger partial charge >= 0.3 is 0 Å². The van der Waals surface area contributed by atoms with E-state index in [1.54, 1.807) is 0 Å². The zero-order chi connectivity index (χ0) is 24.7. The number of aromatic nitrogens is 3. The van der Waals surface area contributed by atoms with Gasteiger partial charge in [-0.05, 0) is 51.3 Å². The molecule has 1 fully saturated rings. The number of amides is 1. The molecule has 3 aromatic heterocycles. The molecule has 2 aliphatic rings. The van der Waals surface area contributed by atoms with Crippen molar-refractivity contribution in [2.75, 3.05) is 36.9 Å². The first-order chi connectivity index (χ1) is 16.9. The maximum absolute atomic E-state index is 13.5. The predicted molar refractivity (Wildman–Crippen MR) is 138 cm³/mol. The number of likely N-dealkylation sites (N-methyl/N-ethyl adjacent to an activating group) is 1. The van der Waals surface area contributed by atoms with E-state index in [1.807, 2.05) is 19.9 Å². The number of thiophene rings is 1. The number of nitrogen functional groups attached to an aromatic ring is 1. The summed E-state index contributed by atoms with van der Waals surface area (Å²) >= 11 is 1.32. The van der Waals surface area contributed by atoms with Gasteiger partial charge in [0, 0.05) is 36.8 Å². The van der Waals surface area contributed by atoms with E-state index in [0.29, 0.717) is 22.9 Å². The van der Waals surface area contributed by atoms with Gasteiger partial charge in [-0.2, -0.15) is 0 Å². The van der Waals surface area contributed by atoms with Crippen molar-refractivity contribution in [2.45, 2.75) is 52.1 Å². The lowest BCUT2D eigenvalue weighted by Crippen LogP contribution is -2.39. The highest BCUT2D eigenvalue weighted by molar-refractivity contribution is 7.21. The number of pyridine rings is 1. The number of fused-ring (bicyclic) bond motifs is 2. The van der Waals surface area contributed by atoms with E-state index in [0.717, 1.165) is 65.3 Å². The van der Waals surface area contributed by atoms with E-state index in [4.69, 9.17) is 10.7 Å². The maximum Gasteiger partial charge on any atom is 0.263 e. The third-order valence-electron chi connectivity index (χ3n) is 7.10. The molecule has 0 spiro atoms. The fraction of sp³-hybridized carbons (Fsp3) is 0.520. The Hall–Kier alpha value is -2.85. The standard InChI is InChI=1S/C25H32FN7OS/c1-4-28-19-12-33(11-16(19)10-26)20-8-5-15-9-17(6-7-18(15)32-20)31-24(34)23-22(27)21-13(2)29-14(3)30-25(21)35-23/h5,8,16-17,19,28H,4,6-7,9-12,27H2,1-3H3,(H,31,34). The molecule has 10 heteroatoms. The summed E-state index contributed by atoms with van der Waals surface area (Å²) < 4.78 is 13.5. The smallest absolute Gasteiger partial charge is 0.263 e. The van der Waals surface area contributed by atoms with Crippen molar-refractivity contribution in [3.63, 3.8) is 0 Å². The fourth-order valence-electron chi connectivity index (χ4n) is 5.36. The van der Waals surface area contributed by atoms with Crippen molar-refractivity contribution in [1.82, 2.24) is 25.6 Å². The molecular weight excluding hydrogens is 465 g/mol. The first-order valence-electron chi connectivity index (χ1n) is 12.2. The van der Waals surface area contributed by atoms with Gasteiger partial charge in [-0.25, -0.2) is 15.0 Å². The largest absolute Gasteiger partial charge is 0.397 e. The van der Waals surface area contributed by atoms with Crippen LogP contribution >= 0.6 is 11.3 Å². The normalized spacial score (nSPS) is 21.9. The molecule has 4 N–H and O–H groups in total. The lowest BCUT2D eigenvalue weighted by Gasteiger charge is -2.26. The Balaban J connectivity index is 1.27. The highest BCUT2D eigenvalue weighted by atomic mass is 32.1. The Morgan fingerprint density at radius 1 is 1.26 bits per heavy atom. The number of aryl methyl sites for hydroxylation is 3.